The van der Waals surface area contributed by atoms with E-state index in [2.05, 4.69) is 53.3 Å². The maximum Gasteiger partial charge on any atom is 0.139 e. The van der Waals surface area contributed by atoms with Crippen LogP contribution in [-0.4, -0.2) is 0 Å². The molecule has 0 unspecified atom stereocenters. The van der Waals surface area contributed by atoms with Crippen molar-refractivity contribution in [3.8, 4) is 0 Å². The number of anilines is 1. The van der Waals surface area contributed by atoms with Gasteiger partial charge in [0.2, 0.25) is 0 Å². The van der Waals surface area contributed by atoms with E-state index < -0.39 is 0 Å². The molecule has 0 aliphatic heterocycles. The van der Waals surface area contributed by atoms with Gasteiger partial charge in [-0.05, 0) is 71.1 Å². The average Bonchev–Trinajstić information content (AvgIpc) is 2.34. The van der Waals surface area contributed by atoms with Gasteiger partial charge in [-0.1, -0.05) is 18.2 Å². The topological polar surface area (TPSA) is 12.0 Å². The summed E-state index contributed by atoms with van der Waals surface area (Å²) < 4.78 is 14.1. The molecule has 19 heavy (non-hydrogen) atoms. The summed E-state index contributed by atoms with van der Waals surface area (Å²) in [6.07, 6.45) is 0. The molecular weight excluding hydrogens is 305 g/mol. The summed E-state index contributed by atoms with van der Waals surface area (Å²) in [7, 11) is 0. The summed E-state index contributed by atoms with van der Waals surface area (Å²) in [6, 6.07) is 9.58. The number of nitrogens with one attached hydrogen (secondary N) is 1. The lowest BCUT2D eigenvalue weighted by Crippen LogP contribution is -2.05. The minimum Gasteiger partial charge on any atom is -0.381 e. The molecule has 1 N–H and O–H groups in total. The van der Waals surface area contributed by atoms with Gasteiger partial charge in [0.1, 0.15) is 5.82 Å². The van der Waals surface area contributed by atoms with E-state index in [1.54, 1.807) is 6.07 Å². The molecule has 0 saturated heterocycles. The Bertz CT molecular complexity index is 588. The molecule has 100 valence electrons. The van der Waals surface area contributed by atoms with Gasteiger partial charge in [-0.2, -0.15) is 0 Å². The van der Waals surface area contributed by atoms with E-state index in [0.29, 0.717) is 11.0 Å². The van der Waals surface area contributed by atoms with E-state index in [1.165, 1.54) is 22.8 Å². The van der Waals surface area contributed by atoms with Gasteiger partial charge in [0.15, 0.2) is 0 Å². The third-order valence-electron chi connectivity index (χ3n) is 3.37. The zero-order valence-electron chi connectivity index (χ0n) is 11.3. The second-order valence-electron chi connectivity index (χ2n) is 4.81. The summed E-state index contributed by atoms with van der Waals surface area (Å²) in [5.74, 6) is -0.241. The summed E-state index contributed by atoms with van der Waals surface area (Å²) >= 11 is 3.20. The number of hydrogen-bond donors (Lipinski definition) is 1. The Morgan fingerprint density at radius 2 is 1.68 bits per heavy atom. The van der Waals surface area contributed by atoms with Crippen LogP contribution in [0.4, 0.5) is 10.1 Å². The highest BCUT2D eigenvalue weighted by Gasteiger charge is 2.07. The maximum absolute atomic E-state index is 13.6. The van der Waals surface area contributed by atoms with Crippen molar-refractivity contribution in [1.82, 2.24) is 0 Å². The summed E-state index contributed by atoms with van der Waals surface area (Å²) in [6.45, 7) is 6.87. The minimum absolute atomic E-state index is 0.241. The fourth-order valence-corrected chi connectivity index (χ4v) is 2.61. The molecule has 2 aromatic carbocycles. The molecule has 0 aliphatic carbocycles. The molecule has 2 aromatic rings. The van der Waals surface area contributed by atoms with Crippen molar-refractivity contribution in [2.45, 2.75) is 27.3 Å². The molecule has 0 aliphatic rings. The normalized spacial score (nSPS) is 10.6. The van der Waals surface area contributed by atoms with E-state index in [0.717, 1.165) is 11.3 Å². The Morgan fingerprint density at radius 1 is 1.05 bits per heavy atom. The van der Waals surface area contributed by atoms with Gasteiger partial charge in [0.25, 0.3) is 0 Å². The van der Waals surface area contributed by atoms with Gasteiger partial charge in [0.05, 0.1) is 4.47 Å². The van der Waals surface area contributed by atoms with Gasteiger partial charge in [0, 0.05) is 12.2 Å². The molecule has 0 heterocycles. The second kappa shape index (κ2) is 5.74. The SMILES string of the molecule is Cc1cc(Br)c(F)cc1NCc1c(C)cccc1C. The first-order valence-corrected chi connectivity index (χ1v) is 7.03. The standard InChI is InChI=1S/C16H17BrFN/c1-10-5-4-6-11(2)13(10)9-19-16-8-15(18)14(17)7-12(16)3/h4-8,19H,9H2,1-3H3. The van der Waals surface area contributed by atoms with E-state index in [1.807, 2.05) is 6.92 Å². The highest BCUT2D eigenvalue weighted by atomic mass is 79.9. The lowest BCUT2D eigenvalue weighted by molar-refractivity contribution is 0.621. The van der Waals surface area contributed by atoms with Crippen LogP contribution in [0, 0.1) is 26.6 Å². The number of rotatable bonds is 3. The smallest absolute Gasteiger partial charge is 0.139 e. The van der Waals surface area contributed by atoms with E-state index in [9.17, 15) is 4.39 Å². The highest BCUT2D eigenvalue weighted by Crippen LogP contribution is 2.25. The zero-order valence-corrected chi connectivity index (χ0v) is 12.9. The van der Waals surface area contributed by atoms with Gasteiger partial charge in [-0.3, -0.25) is 0 Å². The minimum atomic E-state index is -0.241. The summed E-state index contributed by atoms with van der Waals surface area (Å²) in [5.41, 5.74) is 5.64. The first-order valence-electron chi connectivity index (χ1n) is 6.23. The average molecular weight is 322 g/mol. The molecule has 0 radical (unpaired) electrons. The first kappa shape index (κ1) is 14.1. The quantitative estimate of drug-likeness (QED) is 0.826. The molecule has 0 spiro atoms. The number of aryl methyl sites for hydroxylation is 3. The maximum atomic E-state index is 13.6. The fourth-order valence-electron chi connectivity index (χ4n) is 2.15. The van der Waals surface area contributed by atoms with Crippen LogP contribution < -0.4 is 5.32 Å². The van der Waals surface area contributed by atoms with Gasteiger partial charge in [-0.25, -0.2) is 4.39 Å². The molecule has 2 rings (SSSR count). The van der Waals surface area contributed by atoms with Crippen LogP contribution in [0.3, 0.4) is 0 Å². The predicted octanol–water partition coefficient (Wildman–Crippen LogP) is 5.13. The van der Waals surface area contributed by atoms with E-state index >= 15 is 0 Å². The van der Waals surface area contributed by atoms with Crippen LogP contribution >= 0.6 is 15.9 Å². The zero-order chi connectivity index (χ0) is 14.0. The van der Waals surface area contributed by atoms with Gasteiger partial charge >= 0.3 is 0 Å². The molecular formula is C16H17BrFN. The molecule has 3 heteroatoms. The number of hydrogen-bond acceptors (Lipinski definition) is 1. The largest absolute Gasteiger partial charge is 0.381 e. The number of benzene rings is 2. The van der Waals surface area contributed by atoms with Crippen molar-refractivity contribution < 1.29 is 4.39 Å². The highest BCUT2D eigenvalue weighted by molar-refractivity contribution is 9.10. The second-order valence-corrected chi connectivity index (χ2v) is 5.66. The van der Waals surface area contributed by atoms with Crippen molar-refractivity contribution >= 4 is 21.6 Å². The Balaban J connectivity index is 2.22. The van der Waals surface area contributed by atoms with Gasteiger partial charge in [-0.15, -0.1) is 0 Å². The fraction of sp³-hybridized carbons (Fsp3) is 0.250. The van der Waals surface area contributed by atoms with E-state index in [4.69, 9.17) is 0 Å². The van der Waals surface area contributed by atoms with Crippen molar-refractivity contribution in [2.24, 2.45) is 0 Å². The Kier molecular flexibility index (Phi) is 4.25. The summed E-state index contributed by atoms with van der Waals surface area (Å²) in [4.78, 5) is 0. The lowest BCUT2D eigenvalue weighted by Gasteiger charge is -2.14. The first-order chi connectivity index (χ1) is 8.99. The van der Waals surface area contributed by atoms with Crippen LogP contribution in [0.25, 0.3) is 0 Å². The van der Waals surface area contributed by atoms with E-state index in [-0.39, 0.29) is 5.82 Å². The molecule has 0 atom stereocenters. The monoisotopic (exact) mass is 321 g/mol. The number of halogens is 2. The van der Waals surface area contributed by atoms with Crippen LogP contribution in [0.15, 0.2) is 34.8 Å². The molecule has 0 fully saturated rings. The van der Waals surface area contributed by atoms with Crippen LogP contribution in [0.1, 0.15) is 22.3 Å². The molecule has 0 saturated carbocycles. The molecule has 0 aromatic heterocycles. The van der Waals surface area contributed by atoms with Crippen molar-refractivity contribution in [1.29, 1.82) is 0 Å². The molecule has 0 amide bonds. The van der Waals surface area contributed by atoms with Gasteiger partial charge < -0.3 is 5.32 Å². The van der Waals surface area contributed by atoms with Crippen LogP contribution in [0.5, 0.6) is 0 Å². The Hall–Kier alpha value is -1.35. The third kappa shape index (κ3) is 3.16. The molecule has 0 bridgehead atoms. The van der Waals surface area contributed by atoms with Crippen molar-refractivity contribution in [2.75, 3.05) is 5.32 Å². The lowest BCUT2D eigenvalue weighted by atomic mass is 10.0. The molecule has 1 nitrogen and oxygen atoms in total. The Labute approximate surface area is 122 Å². The summed E-state index contributed by atoms with van der Waals surface area (Å²) in [5, 5.41) is 3.32. The third-order valence-corrected chi connectivity index (χ3v) is 3.98. The van der Waals surface area contributed by atoms with Crippen LogP contribution in [0.2, 0.25) is 0 Å². The predicted molar refractivity (Wildman–Crippen MR) is 82.1 cm³/mol. The van der Waals surface area contributed by atoms with Crippen molar-refractivity contribution in [3.05, 3.63) is 62.9 Å². The Morgan fingerprint density at radius 3 is 2.32 bits per heavy atom. The van der Waals surface area contributed by atoms with Crippen LogP contribution in [-0.2, 0) is 6.54 Å². The van der Waals surface area contributed by atoms with Crippen molar-refractivity contribution in [3.63, 3.8) is 0 Å².